The third kappa shape index (κ3) is 2.02. The predicted molar refractivity (Wildman–Crippen MR) is 82.5 cm³/mol. The zero-order chi connectivity index (χ0) is 14.4. The Bertz CT molecular complexity index is 865. The first-order chi connectivity index (χ1) is 9.49. The van der Waals surface area contributed by atoms with Gasteiger partial charge in [-0.3, -0.25) is 4.79 Å². The molecule has 0 unspecified atom stereocenters. The van der Waals surface area contributed by atoms with Gasteiger partial charge < -0.3 is 0 Å². The number of rotatable bonds is 1. The molecule has 0 fully saturated rings. The van der Waals surface area contributed by atoms with Gasteiger partial charge in [0.25, 0.3) is 5.56 Å². The lowest BCUT2D eigenvalue weighted by Gasteiger charge is -2.09. The van der Waals surface area contributed by atoms with E-state index in [9.17, 15) is 4.79 Å². The van der Waals surface area contributed by atoms with Gasteiger partial charge in [-0.1, -0.05) is 29.3 Å². The average Bonchev–Trinajstić information content (AvgIpc) is 2.78. The second kappa shape index (κ2) is 4.84. The van der Waals surface area contributed by atoms with Crippen molar-refractivity contribution in [3.05, 3.63) is 49.3 Å². The van der Waals surface area contributed by atoms with Crippen LogP contribution in [0.5, 0.6) is 0 Å². The lowest BCUT2D eigenvalue weighted by atomic mass is 10.3. The Hall–Kier alpha value is -1.43. The molecule has 0 aliphatic carbocycles. The third-order valence-corrected chi connectivity index (χ3v) is 4.55. The lowest BCUT2D eigenvalue weighted by molar-refractivity contribution is 0.800. The van der Waals surface area contributed by atoms with Crippen LogP contribution in [-0.2, 0) is 0 Å². The summed E-state index contributed by atoms with van der Waals surface area (Å²) in [6.07, 6.45) is 0. The van der Waals surface area contributed by atoms with Gasteiger partial charge in [0, 0.05) is 0 Å². The normalized spacial score (nSPS) is 11.2. The SMILES string of the molecule is Cc1nc2c(=O)n(-c3c(Cl)cccc3Cl)nc(C)c2s1. The van der Waals surface area contributed by atoms with Crippen molar-refractivity contribution < 1.29 is 0 Å². The molecule has 0 saturated carbocycles. The number of aryl methyl sites for hydroxylation is 2. The molecule has 3 rings (SSSR count). The molecule has 2 heterocycles. The standard InChI is InChI=1S/C13H9Cl2N3OS/c1-6-12-10(16-7(2)20-12)13(19)18(17-6)11-8(14)4-3-5-9(11)15/h3-5H,1-2H3. The average molecular weight is 326 g/mol. The summed E-state index contributed by atoms with van der Waals surface area (Å²) >= 11 is 13.7. The maximum absolute atomic E-state index is 12.5. The quantitative estimate of drug-likeness (QED) is 0.684. The fourth-order valence-corrected chi connectivity index (χ4v) is 3.41. The zero-order valence-corrected chi connectivity index (χ0v) is 13.0. The Morgan fingerprint density at radius 2 is 1.85 bits per heavy atom. The maximum Gasteiger partial charge on any atom is 0.298 e. The van der Waals surface area contributed by atoms with Crippen molar-refractivity contribution in [3.63, 3.8) is 0 Å². The van der Waals surface area contributed by atoms with E-state index < -0.39 is 0 Å². The van der Waals surface area contributed by atoms with Gasteiger partial charge in [-0.15, -0.1) is 11.3 Å². The molecule has 4 nitrogen and oxygen atoms in total. The van der Waals surface area contributed by atoms with E-state index >= 15 is 0 Å². The smallest absolute Gasteiger partial charge is 0.265 e. The molecule has 7 heteroatoms. The van der Waals surface area contributed by atoms with Crippen LogP contribution in [0.15, 0.2) is 23.0 Å². The molecule has 0 bridgehead atoms. The summed E-state index contributed by atoms with van der Waals surface area (Å²) in [6, 6.07) is 5.06. The first-order valence-electron chi connectivity index (χ1n) is 5.80. The summed E-state index contributed by atoms with van der Waals surface area (Å²) in [6.45, 7) is 3.69. The molecule has 102 valence electrons. The van der Waals surface area contributed by atoms with Gasteiger partial charge in [-0.2, -0.15) is 9.78 Å². The molecule has 0 saturated heterocycles. The van der Waals surface area contributed by atoms with Crippen molar-refractivity contribution in [2.24, 2.45) is 0 Å². The minimum Gasteiger partial charge on any atom is -0.265 e. The number of aromatic nitrogens is 3. The highest BCUT2D eigenvalue weighted by atomic mass is 35.5. The molecule has 3 aromatic rings. The highest BCUT2D eigenvalue weighted by Crippen LogP contribution is 2.28. The molecule has 0 aliphatic heterocycles. The number of para-hydroxylation sites is 1. The van der Waals surface area contributed by atoms with E-state index in [0.717, 1.165) is 15.4 Å². The molecule has 0 aliphatic rings. The fraction of sp³-hybridized carbons (Fsp3) is 0.154. The van der Waals surface area contributed by atoms with Crippen LogP contribution in [-0.4, -0.2) is 14.8 Å². The van der Waals surface area contributed by atoms with Crippen molar-refractivity contribution in [2.75, 3.05) is 0 Å². The van der Waals surface area contributed by atoms with Crippen molar-refractivity contribution >= 4 is 44.8 Å². The molecule has 1 aromatic carbocycles. The third-order valence-electron chi connectivity index (χ3n) is 2.86. The number of hydrogen-bond acceptors (Lipinski definition) is 4. The number of benzene rings is 1. The fourth-order valence-electron chi connectivity index (χ4n) is 2.00. The summed E-state index contributed by atoms with van der Waals surface area (Å²) in [5.74, 6) is 0. The van der Waals surface area contributed by atoms with Crippen LogP contribution in [0, 0.1) is 13.8 Å². The van der Waals surface area contributed by atoms with E-state index in [1.54, 1.807) is 18.2 Å². The highest BCUT2D eigenvalue weighted by Gasteiger charge is 2.17. The Kier molecular flexibility index (Phi) is 3.28. The minimum absolute atomic E-state index is 0.315. The summed E-state index contributed by atoms with van der Waals surface area (Å²) in [7, 11) is 0. The van der Waals surface area contributed by atoms with Gasteiger partial charge >= 0.3 is 0 Å². The summed E-state index contributed by atoms with van der Waals surface area (Å²) in [5.41, 5.74) is 1.19. The summed E-state index contributed by atoms with van der Waals surface area (Å²) < 4.78 is 2.02. The topological polar surface area (TPSA) is 47.8 Å². The Morgan fingerprint density at radius 3 is 2.50 bits per heavy atom. The highest BCUT2D eigenvalue weighted by molar-refractivity contribution is 7.18. The van der Waals surface area contributed by atoms with Crippen molar-refractivity contribution in [1.82, 2.24) is 14.8 Å². The lowest BCUT2D eigenvalue weighted by Crippen LogP contribution is -2.23. The van der Waals surface area contributed by atoms with Crippen LogP contribution in [0.3, 0.4) is 0 Å². The number of nitrogens with zero attached hydrogens (tertiary/aromatic N) is 3. The van der Waals surface area contributed by atoms with E-state index in [1.165, 1.54) is 16.0 Å². The van der Waals surface area contributed by atoms with E-state index in [4.69, 9.17) is 23.2 Å². The van der Waals surface area contributed by atoms with Gasteiger partial charge in [-0.25, -0.2) is 4.98 Å². The number of halogens is 2. The van der Waals surface area contributed by atoms with Gasteiger partial charge in [0.15, 0.2) is 5.52 Å². The second-order valence-electron chi connectivity index (χ2n) is 4.28. The Labute approximate surface area is 128 Å². The summed E-state index contributed by atoms with van der Waals surface area (Å²) in [4.78, 5) is 16.8. The molecular formula is C13H9Cl2N3OS. The Morgan fingerprint density at radius 1 is 1.20 bits per heavy atom. The van der Waals surface area contributed by atoms with Crippen molar-refractivity contribution in [2.45, 2.75) is 13.8 Å². The second-order valence-corrected chi connectivity index (χ2v) is 6.30. The molecule has 0 amide bonds. The van der Waals surface area contributed by atoms with Crippen LogP contribution in [0.1, 0.15) is 10.7 Å². The van der Waals surface area contributed by atoms with E-state index in [1.807, 2.05) is 13.8 Å². The molecule has 20 heavy (non-hydrogen) atoms. The molecule has 0 spiro atoms. The maximum atomic E-state index is 12.5. The van der Waals surface area contributed by atoms with Crippen molar-refractivity contribution in [3.8, 4) is 5.69 Å². The van der Waals surface area contributed by atoms with Crippen LogP contribution >= 0.6 is 34.5 Å². The molecule has 0 radical (unpaired) electrons. The van der Waals surface area contributed by atoms with Crippen LogP contribution in [0.25, 0.3) is 15.9 Å². The van der Waals surface area contributed by atoms with E-state index in [-0.39, 0.29) is 5.56 Å². The first kappa shape index (κ1) is 13.5. The van der Waals surface area contributed by atoms with Crippen LogP contribution in [0.4, 0.5) is 0 Å². The zero-order valence-electron chi connectivity index (χ0n) is 10.6. The van der Waals surface area contributed by atoms with E-state index in [2.05, 4.69) is 10.1 Å². The van der Waals surface area contributed by atoms with Crippen LogP contribution < -0.4 is 5.56 Å². The van der Waals surface area contributed by atoms with Gasteiger partial charge in [0.2, 0.25) is 0 Å². The molecule has 0 N–H and O–H groups in total. The van der Waals surface area contributed by atoms with Gasteiger partial charge in [0.1, 0.15) is 5.69 Å². The monoisotopic (exact) mass is 325 g/mol. The number of thiazole rings is 1. The predicted octanol–water partition coefficient (Wildman–Crippen LogP) is 3.77. The molecule has 0 atom stereocenters. The summed E-state index contributed by atoms with van der Waals surface area (Å²) in [5, 5.41) is 5.88. The Balaban J connectivity index is 2.44. The molecular weight excluding hydrogens is 317 g/mol. The number of fused-ring (bicyclic) bond motifs is 1. The van der Waals surface area contributed by atoms with Gasteiger partial charge in [0.05, 0.1) is 25.4 Å². The molecule has 2 aromatic heterocycles. The first-order valence-corrected chi connectivity index (χ1v) is 7.37. The van der Waals surface area contributed by atoms with E-state index in [0.29, 0.717) is 21.2 Å². The number of hydrogen-bond donors (Lipinski definition) is 0. The van der Waals surface area contributed by atoms with Crippen molar-refractivity contribution in [1.29, 1.82) is 0 Å². The minimum atomic E-state index is -0.315. The van der Waals surface area contributed by atoms with Crippen LogP contribution in [0.2, 0.25) is 10.0 Å². The van der Waals surface area contributed by atoms with Gasteiger partial charge in [-0.05, 0) is 26.0 Å². The largest absolute Gasteiger partial charge is 0.298 e.